The minimum absolute atomic E-state index is 0.694. The van der Waals surface area contributed by atoms with E-state index in [-0.39, 0.29) is 0 Å². The lowest BCUT2D eigenvalue weighted by Gasteiger charge is -2.18. The lowest BCUT2D eigenvalue weighted by molar-refractivity contribution is 1.18. The van der Waals surface area contributed by atoms with Crippen LogP contribution < -0.4 is 0 Å². The summed E-state index contributed by atoms with van der Waals surface area (Å²) in [7, 11) is 0. The van der Waals surface area contributed by atoms with Gasteiger partial charge in [0.15, 0.2) is 5.82 Å². The molecule has 2 aromatic heterocycles. The fourth-order valence-corrected chi connectivity index (χ4v) is 11.7. The van der Waals surface area contributed by atoms with Crippen LogP contribution in [0.5, 0.6) is 0 Å². The summed E-state index contributed by atoms with van der Waals surface area (Å²) in [4.78, 5) is 15.9. The van der Waals surface area contributed by atoms with E-state index in [0.717, 1.165) is 66.8 Å². The molecule has 0 aliphatic rings. The maximum absolute atomic E-state index is 5.66. The predicted molar refractivity (Wildman–Crippen MR) is 312 cm³/mol. The van der Waals surface area contributed by atoms with Gasteiger partial charge in [0, 0.05) is 33.0 Å². The summed E-state index contributed by atoms with van der Waals surface area (Å²) in [6.45, 7) is 0. The van der Waals surface area contributed by atoms with Gasteiger partial charge in [0.05, 0.1) is 22.6 Å². The van der Waals surface area contributed by atoms with Gasteiger partial charge in [0.25, 0.3) is 0 Å². The second kappa shape index (κ2) is 16.9. The Hall–Kier alpha value is -9.83. The van der Waals surface area contributed by atoms with E-state index in [1.54, 1.807) is 0 Å². The lowest BCUT2D eigenvalue weighted by Crippen LogP contribution is -1.96. The van der Waals surface area contributed by atoms with E-state index >= 15 is 0 Å². The third kappa shape index (κ3) is 6.78. The normalized spacial score (nSPS) is 11.8. The van der Waals surface area contributed by atoms with Crippen molar-refractivity contribution in [3.63, 3.8) is 0 Å². The topological polar surface area (TPSA) is 38.7 Å². The van der Waals surface area contributed by atoms with E-state index in [9.17, 15) is 0 Å². The van der Waals surface area contributed by atoms with Crippen molar-refractivity contribution in [2.75, 3.05) is 0 Å². The maximum Gasteiger partial charge on any atom is 0.160 e. The second-order valence-electron chi connectivity index (χ2n) is 19.4. The largest absolute Gasteiger partial charge is 0.247 e. The highest BCUT2D eigenvalue weighted by Crippen LogP contribution is 2.45. The van der Waals surface area contributed by atoms with Crippen LogP contribution in [0.15, 0.2) is 261 Å². The highest BCUT2D eigenvalue weighted by Gasteiger charge is 2.19. The Kier molecular flexibility index (Phi) is 9.57. The molecule has 0 saturated heterocycles. The SMILES string of the molecule is c1ccc(-c2cc(-c3ccc(-c4cc(-c5ccc6c7ccccc7c7ccccc7c6c5)c5cc(-c6ccc7c8ccccc8c8ccccc8c7c6)c6ccccc6c5n4)cc3)nc(-c3ccccc3)n2)cc1. The Labute approximate surface area is 427 Å². The van der Waals surface area contributed by atoms with Gasteiger partial charge in [-0.15, -0.1) is 0 Å². The van der Waals surface area contributed by atoms with E-state index in [1.165, 1.54) is 81.1 Å². The standard InChI is InChI=1S/C71H43N3/c1-3-17-44(18-4-1)68-43-69(74-71(73-68)47-19-5-2-6-20-47)46-33-31-45(32-34-46)67-42-63(49-36-38-60-55-26-10-8-22-51(55)53-24-12-14-28-57(53)65(60)40-49)66-41-62(58-29-15-16-30-61(58)70(66)72-67)48-35-37-59-54-25-9-7-21-50(54)52-23-11-13-27-56(52)64(59)39-48/h1-43H. The van der Waals surface area contributed by atoms with Crippen LogP contribution in [-0.2, 0) is 0 Å². The number of aromatic nitrogens is 3. The summed E-state index contributed by atoms with van der Waals surface area (Å²) in [5.41, 5.74) is 12.3. The molecule has 15 rings (SSSR count). The smallest absolute Gasteiger partial charge is 0.160 e. The third-order valence-electron chi connectivity index (χ3n) is 15.2. The summed E-state index contributed by atoms with van der Waals surface area (Å²) in [6, 6.07) is 94.3. The van der Waals surface area contributed by atoms with Crippen molar-refractivity contribution in [1.29, 1.82) is 0 Å². The highest BCUT2D eigenvalue weighted by atomic mass is 14.9. The molecular formula is C71H43N3. The van der Waals surface area contributed by atoms with Gasteiger partial charge in [0.1, 0.15) is 0 Å². The summed E-state index contributed by atoms with van der Waals surface area (Å²) in [6.07, 6.45) is 0. The second-order valence-corrected chi connectivity index (χ2v) is 19.4. The molecule has 0 atom stereocenters. The van der Waals surface area contributed by atoms with Crippen LogP contribution in [0.25, 0.3) is 154 Å². The molecule has 0 bridgehead atoms. The number of hydrogen-bond donors (Lipinski definition) is 0. The first kappa shape index (κ1) is 41.9. The van der Waals surface area contributed by atoms with Gasteiger partial charge in [-0.3, -0.25) is 0 Å². The fraction of sp³-hybridized carbons (Fsp3) is 0. The number of benzene rings is 13. The minimum Gasteiger partial charge on any atom is -0.247 e. The van der Waals surface area contributed by atoms with Gasteiger partial charge < -0.3 is 0 Å². The van der Waals surface area contributed by atoms with Gasteiger partial charge >= 0.3 is 0 Å². The number of rotatable bonds is 6. The number of hydrogen-bond acceptors (Lipinski definition) is 3. The Bertz CT molecular complexity index is 4630. The van der Waals surface area contributed by atoms with Crippen molar-refractivity contribution < 1.29 is 0 Å². The first-order valence-corrected chi connectivity index (χ1v) is 25.3. The molecule has 0 amide bonds. The molecule has 0 unspecified atom stereocenters. The molecule has 0 fully saturated rings. The molecule has 0 aliphatic heterocycles. The van der Waals surface area contributed by atoms with E-state index in [1.807, 2.05) is 24.3 Å². The van der Waals surface area contributed by atoms with Crippen molar-refractivity contribution in [2.45, 2.75) is 0 Å². The lowest BCUT2D eigenvalue weighted by atomic mass is 9.88. The minimum atomic E-state index is 0.694. The van der Waals surface area contributed by atoms with Gasteiger partial charge in [-0.1, -0.05) is 231 Å². The first-order chi connectivity index (χ1) is 36.7. The van der Waals surface area contributed by atoms with Gasteiger partial charge in [-0.2, -0.15) is 0 Å². The average Bonchev–Trinajstić information content (AvgIpc) is 3.50. The highest BCUT2D eigenvalue weighted by molar-refractivity contribution is 6.28. The average molecular weight is 938 g/mol. The molecule has 74 heavy (non-hydrogen) atoms. The number of fused-ring (bicyclic) bond motifs is 15. The zero-order valence-electron chi connectivity index (χ0n) is 40.2. The summed E-state index contributed by atoms with van der Waals surface area (Å²) >= 11 is 0. The van der Waals surface area contributed by atoms with Crippen molar-refractivity contribution in [3.8, 4) is 67.4 Å². The molecular weight excluding hydrogens is 895 g/mol. The zero-order valence-corrected chi connectivity index (χ0v) is 40.2. The molecule has 0 N–H and O–H groups in total. The van der Waals surface area contributed by atoms with Gasteiger partial charge in [-0.05, 0) is 123 Å². The van der Waals surface area contributed by atoms with Crippen LogP contribution in [0, 0.1) is 0 Å². The van der Waals surface area contributed by atoms with Crippen LogP contribution in [0.4, 0.5) is 0 Å². The van der Waals surface area contributed by atoms with E-state index < -0.39 is 0 Å². The van der Waals surface area contributed by atoms with E-state index in [4.69, 9.17) is 15.0 Å². The van der Waals surface area contributed by atoms with E-state index in [0.29, 0.717) is 5.82 Å². The maximum atomic E-state index is 5.66. The molecule has 0 radical (unpaired) electrons. The molecule has 0 aliphatic carbocycles. The quantitative estimate of drug-likeness (QED) is 0.156. The molecule has 3 heteroatoms. The Morgan fingerprint density at radius 3 is 0.959 bits per heavy atom. The third-order valence-corrected chi connectivity index (χ3v) is 15.2. The van der Waals surface area contributed by atoms with Crippen LogP contribution in [0.2, 0.25) is 0 Å². The molecule has 342 valence electrons. The van der Waals surface area contributed by atoms with Crippen molar-refractivity contribution in [1.82, 2.24) is 15.0 Å². The summed E-state index contributed by atoms with van der Waals surface area (Å²) < 4.78 is 0. The molecule has 3 nitrogen and oxygen atoms in total. The molecule has 15 aromatic rings. The molecule has 0 saturated carbocycles. The zero-order chi connectivity index (χ0) is 48.7. The predicted octanol–water partition coefficient (Wildman–Crippen LogP) is 19.1. The van der Waals surface area contributed by atoms with Crippen LogP contribution in [0.3, 0.4) is 0 Å². The Balaban J connectivity index is 0.957. The van der Waals surface area contributed by atoms with Gasteiger partial charge in [-0.25, -0.2) is 15.0 Å². The Morgan fingerprint density at radius 1 is 0.176 bits per heavy atom. The van der Waals surface area contributed by atoms with Crippen molar-refractivity contribution >= 4 is 86.3 Å². The first-order valence-electron chi connectivity index (χ1n) is 25.3. The molecule has 0 spiro atoms. The van der Waals surface area contributed by atoms with Crippen LogP contribution in [0.1, 0.15) is 0 Å². The number of pyridine rings is 1. The number of nitrogens with zero attached hydrogens (tertiary/aromatic N) is 3. The van der Waals surface area contributed by atoms with E-state index in [2.05, 4.69) is 237 Å². The Morgan fingerprint density at radius 2 is 0.500 bits per heavy atom. The van der Waals surface area contributed by atoms with Crippen molar-refractivity contribution in [2.24, 2.45) is 0 Å². The summed E-state index contributed by atoms with van der Waals surface area (Å²) in [5, 5.41) is 18.5. The van der Waals surface area contributed by atoms with Crippen LogP contribution in [-0.4, -0.2) is 15.0 Å². The van der Waals surface area contributed by atoms with Gasteiger partial charge in [0.2, 0.25) is 0 Å². The summed E-state index contributed by atoms with van der Waals surface area (Å²) in [5.74, 6) is 0.694. The molecule has 13 aromatic carbocycles. The monoisotopic (exact) mass is 937 g/mol. The van der Waals surface area contributed by atoms with Crippen molar-refractivity contribution in [3.05, 3.63) is 261 Å². The fourth-order valence-electron chi connectivity index (χ4n) is 11.7. The van der Waals surface area contributed by atoms with Crippen LogP contribution >= 0.6 is 0 Å². The molecule has 2 heterocycles.